The summed E-state index contributed by atoms with van der Waals surface area (Å²) in [6, 6.07) is 10.2. The molecule has 2 rings (SSSR count). The molecule has 0 fully saturated rings. The van der Waals surface area contributed by atoms with Crippen molar-refractivity contribution in [3.63, 3.8) is 0 Å². The van der Waals surface area contributed by atoms with Crippen LogP contribution in [0.2, 0.25) is 0 Å². The van der Waals surface area contributed by atoms with Crippen molar-refractivity contribution in [1.29, 1.82) is 0 Å². The predicted molar refractivity (Wildman–Crippen MR) is 74.8 cm³/mol. The van der Waals surface area contributed by atoms with Crippen molar-refractivity contribution in [1.82, 2.24) is 9.66 Å². The Labute approximate surface area is 108 Å². The first kappa shape index (κ1) is 12.5. The van der Waals surface area contributed by atoms with Crippen molar-refractivity contribution in [2.45, 2.75) is 32.6 Å². The summed E-state index contributed by atoms with van der Waals surface area (Å²) in [6.45, 7) is 6.21. The van der Waals surface area contributed by atoms with Crippen LogP contribution in [-0.4, -0.2) is 9.66 Å². The van der Waals surface area contributed by atoms with Crippen molar-refractivity contribution in [2.24, 2.45) is 0 Å². The van der Waals surface area contributed by atoms with Gasteiger partial charge in [0.05, 0.1) is 5.69 Å². The van der Waals surface area contributed by atoms with Gasteiger partial charge in [-0.2, -0.15) is 0 Å². The van der Waals surface area contributed by atoms with Gasteiger partial charge < -0.3 is 11.6 Å². The largest absolute Gasteiger partial charge is 0.382 e. The number of nitrogens with two attached hydrogens (primary N) is 2. The van der Waals surface area contributed by atoms with Crippen LogP contribution >= 0.6 is 0 Å². The number of nitrogen functional groups attached to an aromatic ring is 2. The van der Waals surface area contributed by atoms with Crippen molar-refractivity contribution < 1.29 is 0 Å². The summed E-state index contributed by atoms with van der Waals surface area (Å²) in [7, 11) is 0. The molecule has 0 spiro atoms. The molecule has 1 aromatic heterocycles. The Kier molecular flexibility index (Phi) is 3.28. The molecule has 4 nitrogen and oxygen atoms in total. The van der Waals surface area contributed by atoms with Gasteiger partial charge in [-0.05, 0) is 5.56 Å². The van der Waals surface area contributed by atoms with Gasteiger partial charge in [-0.3, -0.25) is 0 Å². The van der Waals surface area contributed by atoms with Crippen LogP contribution < -0.4 is 11.6 Å². The van der Waals surface area contributed by atoms with Gasteiger partial charge in [0, 0.05) is 11.8 Å². The number of hydrogen-bond acceptors (Lipinski definition) is 3. The highest BCUT2D eigenvalue weighted by Gasteiger charge is 2.20. The van der Waals surface area contributed by atoms with E-state index in [2.05, 4.69) is 37.9 Å². The maximum Gasteiger partial charge on any atom is 0.146 e. The summed E-state index contributed by atoms with van der Waals surface area (Å²) in [6.07, 6.45) is 0. The van der Waals surface area contributed by atoms with E-state index < -0.39 is 0 Å². The first-order valence-electron chi connectivity index (χ1n) is 6.20. The first-order chi connectivity index (χ1) is 8.52. The molecule has 0 radical (unpaired) electrons. The number of rotatable bonds is 3. The van der Waals surface area contributed by atoms with E-state index >= 15 is 0 Å². The Morgan fingerprint density at radius 3 is 2.22 bits per heavy atom. The van der Waals surface area contributed by atoms with E-state index in [1.807, 2.05) is 18.2 Å². The summed E-state index contributed by atoms with van der Waals surface area (Å²) >= 11 is 0. The molecule has 1 unspecified atom stereocenters. The van der Waals surface area contributed by atoms with Crippen molar-refractivity contribution in [3.8, 4) is 0 Å². The highest BCUT2D eigenvalue weighted by molar-refractivity contribution is 5.45. The molecular formula is C14H20N4. The second-order valence-electron chi connectivity index (χ2n) is 4.90. The van der Waals surface area contributed by atoms with E-state index in [9.17, 15) is 0 Å². The fourth-order valence-corrected chi connectivity index (χ4v) is 2.11. The summed E-state index contributed by atoms with van der Waals surface area (Å²) in [5.74, 6) is 7.73. The lowest BCUT2D eigenvalue weighted by Gasteiger charge is -2.10. The molecule has 0 aliphatic rings. The summed E-state index contributed by atoms with van der Waals surface area (Å²) < 4.78 is 1.50. The molecule has 4 N–H and O–H groups in total. The monoisotopic (exact) mass is 244 g/mol. The van der Waals surface area contributed by atoms with Gasteiger partial charge in [-0.25, -0.2) is 9.66 Å². The average molecular weight is 244 g/mol. The summed E-state index contributed by atoms with van der Waals surface area (Å²) in [5.41, 5.74) is 8.10. The second-order valence-corrected chi connectivity index (χ2v) is 4.90. The zero-order valence-corrected chi connectivity index (χ0v) is 11.1. The molecule has 96 valence electrons. The zero-order valence-electron chi connectivity index (χ0n) is 11.1. The van der Waals surface area contributed by atoms with Gasteiger partial charge in [-0.1, -0.05) is 51.1 Å². The molecule has 0 aliphatic carbocycles. The third-order valence-electron chi connectivity index (χ3n) is 3.23. The normalized spacial score (nSPS) is 12.9. The van der Waals surface area contributed by atoms with Crippen LogP contribution in [0.5, 0.6) is 0 Å². The van der Waals surface area contributed by atoms with Crippen LogP contribution in [0, 0.1) is 0 Å². The number of benzene rings is 1. The van der Waals surface area contributed by atoms with E-state index in [1.165, 1.54) is 10.2 Å². The van der Waals surface area contributed by atoms with E-state index in [0.717, 1.165) is 11.5 Å². The van der Waals surface area contributed by atoms with Crippen molar-refractivity contribution in [3.05, 3.63) is 47.4 Å². The Hall–Kier alpha value is -1.97. The Morgan fingerprint density at radius 2 is 1.72 bits per heavy atom. The van der Waals surface area contributed by atoms with Gasteiger partial charge in [0.15, 0.2) is 0 Å². The van der Waals surface area contributed by atoms with Gasteiger partial charge in [-0.15, -0.1) is 0 Å². The molecule has 4 heteroatoms. The second kappa shape index (κ2) is 4.72. The van der Waals surface area contributed by atoms with Crippen LogP contribution in [0.4, 0.5) is 5.82 Å². The van der Waals surface area contributed by atoms with Crippen molar-refractivity contribution in [2.75, 3.05) is 11.6 Å². The maximum absolute atomic E-state index is 6.05. The number of nitrogens with zero attached hydrogens (tertiary/aromatic N) is 2. The Bertz CT molecular complexity index is 528. The highest BCUT2D eigenvalue weighted by atomic mass is 15.4. The van der Waals surface area contributed by atoms with Gasteiger partial charge in [0.25, 0.3) is 0 Å². The third-order valence-corrected chi connectivity index (χ3v) is 3.23. The standard InChI is InChI=1S/C14H20N4/c1-9(2)14-17-12(13(15)18(14)16)10(3)11-7-5-4-6-8-11/h4-10H,15-16H2,1-3H3. The molecule has 1 heterocycles. The molecule has 0 saturated carbocycles. The van der Waals surface area contributed by atoms with Crippen LogP contribution in [0.15, 0.2) is 30.3 Å². The van der Waals surface area contributed by atoms with Crippen molar-refractivity contribution >= 4 is 5.82 Å². The number of hydrogen-bond donors (Lipinski definition) is 2. The molecule has 0 aliphatic heterocycles. The lowest BCUT2D eigenvalue weighted by molar-refractivity contribution is 0.734. The lowest BCUT2D eigenvalue weighted by atomic mass is 9.98. The molecule has 0 bridgehead atoms. The topological polar surface area (TPSA) is 69.9 Å². The number of aromatic nitrogens is 2. The Morgan fingerprint density at radius 1 is 1.11 bits per heavy atom. The SMILES string of the molecule is CC(C)c1nc(C(C)c2ccccc2)c(N)n1N. The fourth-order valence-electron chi connectivity index (χ4n) is 2.11. The van der Waals surface area contributed by atoms with Gasteiger partial charge >= 0.3 is 0 Å². The van der Waals surface area contributed by atoms with Crippen LogP contribution in [-0.2, 0) is 0 Å². The number of imidazole rings is 1. The highest BCUT2D eigenvalue weighted by Crippen LogP contribution is 2.29. The van der Waals surface area contributed by atoms with E-state index in [1.54, 1.807) is 0 Å². The molecule has 0 amide bonds. The molecule has 0 saturated heterocycles. The fraction of sp³-hybridized carbons (Fsp3) is 0.357. The van der Waals surface area contributed by atoms with Crippen LogP contribution in [0.1, 0.15) is 49.7 Å². The van der Waals surface area contributed by atoms with Gasteiger partial charge in [0.2, 0.25) is 0 Å². The van der Waals surface area contributed by atoms with Crippen LogP contribution in [0.3, 0.4) is 0 Å². The lowest BCUT2D eigenvalue weighted by Crippen LogP contribution is -2.16. The van der Waals surface area contributed by atoms with E-state index in [4.69, 9.17) is 11.6 Å². The van der Waals surface area contributed by atoms with E-state index in [0.29, 0.717) is 5.82 Å². The molecule has 1 atom stereocenters. The molecule has 2 aromatic rings. The summed E-state index contributed by atoms with van der Waals surface area (Å²) in [4.78, 5) is 4.60. The quantitative estimate of drug-likeness (QED) is 0.815. The van der Waals surface area contributed by atoms with E-state index in [-0.39, 0.29) is 11.8 Å². The zero-order chi connectivity index (χ0) is 13.3. The smallest absolute Gasteiger partial charge is 0.146 e. The van der Waals surface area contributed by atoms with Crippen LogP contribution in [0.25, 0.3) is 0 Å². The minimum Gasteiger partial charge on any atom is -0.382 e. The molecular weight excluding hydrogens is 224 g/mol. The predicted octanol–water partition coefficient (Wildman–Crippen LogP) is 2.45. The molecule has 18 heavy (non-hydrogen) atoms. The third kappa shape index (κ3) is 2.06. The first-order valence-corrected chi connectivity index (χ1v) is 6.20. The number of anilines is 1. The average Bonchev–Trinajstić information content (AvgIpc) is 2.67. The van der Waals surface area contributed by atoms with Gasteiger partial charge in [0.1, 0.15) is 11.6 Å². The minimum absolute atomic E-state index is 0.147. The maximum atomic E-state index is 6.05. The summed E-state index contributed by atoms with van der Waals surface area (Å²) in [5, 5.41) is 0. The minimum atomic E-state index is 0.147. The molecule has 1 aromatic carbocycles. The Balaban J connectivity index is 2.43.